The van der Waals surface area contributed by atoms with Crippen LogP contribution in [0.15, 0.2) is 12.3 Å². The number of imidazole rings is 1. The first-order chi connectivity index (χ1) is 7.08. The number of hydrogen-bond donors (Lipinski definition) is 1. The van der Waals surface area contributed by atoms with Crippen molar-refractivity contribution in [3.8, 4) is 0 Å². The molecule has 0 bridgehead atoms. The molecule has 2 aromatic rings. The molecule has 0 atom stereocenters. The largest absolute Gasteiger partial charge is 0.369 e. The van der Waals surface area contributed by atoms with E-state index in [2.05, 4.69) is 23.8 Å². The van der Waals surface area contributed by atoms with Gasteiger partial charge < -0.3 is 5.73 Å². The molecule has 0 aliphatic carbocycles. The number of nitrogens with zero attached hydrogens (tertiary/aromatic N) is 3. The van der Waals surface area contributed by atoms with Crippen LogP contribution in [-0.4, -0.2) is 14.5 Å². The fraction of sp³-hybridized carbons (Fsp3) is 0.400. The van der Waals surface area contributed by atoms with E-state index >= 15 is 0 Å². The Morgan fingerprint density at radius 2 is 2.27 bits per heavy atom. The van der Waals surface area contributed by atoms with Gasteiger partial charge in [0.25, 0.3) is 0 Å². The van der Waals surface area contributed by atoms with E-state index in [1.54, 1.807) is 12.3 Å². The normalized spacial score (nSPS) is 11.5. The lowest BCUT2D eigenvalue weighted by molar-refractivity contribution is 0.535. The fourth-order valence-electron chi connectivity index (χ4n) is 1.55. The third kappa shape index (κ3) is 1.90. The summed E-state index contributed by atoms with van der Waals surface area (Å²) in [5.41, 5.74) is 7.37. The molecule has 0 amide bonds. The molecule has 15 heavy (non-hydrogen) atoms. The molecule has 0 aromatic carbocycles. The van der Waals surface area contributed by atoms with Crippen molar-refractivity contribution in [1.82, 2.24) is 14.5 Å². The van der Waals surface area contributed by atoms with Crippen LogP contribution in [0.5, 0.6) is 0 Å². The molecule has 0 saturated heterocycles. The molecule has 2 aromatic heterocycles. The maximum absolute atomic E-state index is 5.83. The zero-order valence-corrected chi connectivity index (χ0v) is 9.49. The van der Waals surface area contributed by atoms with Crippen LogP contribution >= 0.6 is 11.6 Å². The minimum Gasteiger partial charge on any atom is -0.369 e. The van der Waals surface area contributed by atoms with Crippen molar-refractivity contribution in [3.63, 3.8) is 0 Å². The number of anilines is 1. The number of halogens is 1. The van der Waals surface area contributed by atoms with Crippen molar-refractivity contribution in [2.24, 2.45) is 5.92 Å². The fourth-order valence-corrected chi connectivity index (χ4v) is 1.70. The van der Waals surface area contributed by atoms with Gasteiger partial charge in [-0.2, -0.15) is 0 Å². The molecule has 0 fully saturated rings. The quantitative estimate of drug-likeness (QED) is 0.852. The van der Waals surface area contributed by atoms with E-state index in [1.165, 1.54) is 0 Å². The van der Waals surface area contributed by atoms with Crippen molar-refractivity contribution in [1.29, 1.82) is 0 Å². The predicted octanol–water partition coefficient (Wildman–Crippen LogP) is 2.32. The summed E-state index contributed by atoms with van der Waals surface area (Å²) in [5.74, 6) is 0.996. The van der Waals surface area contributed by atoms with E-state index in [0.717, 1.165) is 17.7 Å². The average molecular weight is 225 g/mol. The van der Waals surface area contributed by atoms with E-state index < -0.39 is 0 Å². The average Bonchev–Trinajstić information content (AvgIpc) is 2.41. The van der Waals surface area contributed by atoms with E-state index in [4.69, 9.17) is 17.3 Å². The molecule has 0 saturated carbocycles. The second kappa shape index (κ2) is 3.70. The Morgan fingerprint density at radius 1 is 1.53 bits per heavy atom. The molecular formula is C10H13ClN4. The van der Waals surface area contributed by atoms with Crippen LogP contribution in [0.3, 0.4) is 0 Å². The number of aromatic nitrogens is 3. The van der Waals surface area contributed by atoms with Gasteiger partial charge in [0.05, 0.1) is 5.02 Å². The van der Waals surface area contributed by atoms with Crippen molar-refractivity contribution >= 4 is 28.7 Å². The molecule has 0 aliphatic rings. The van der Waals surface area contributed by atoms with Gasteiger partial charge >= 0.3 is 0 Å². The van der Waals surface area contributed by atoms with Crippen LogP contribution in [0, 0.1) is 5.92 Å². The van der Waals surface area contributed by atoms with E-state index in [0.29, 0.717) is 16.9 Å². The highest BCUT2D eigenvalue weighted by molar-refractivity contribution is 6.31. The first kappa shape index (κ1) is 10.2. The Kier molecular flexibility index (Phi) is 2.52. The lowest BCUT2D eigenvalue weighted by Crippen LogP contribution is -2.08. The van der Waals surface area contributed by atoms with Gasteiger partial charge in [0.1, 0.15) is 5.52 Å². The summed E-state index contributed by atoms with van der Waals surface area (Å²) in [7, 11) is 0. The second-order valence-corrected chi connectivity index (χ2v) is 4.41. The molecule has 2 heterocycles. The molecule has 0 spiro atoms. The summed E-state index contributed by atoms with van der Waals surface area (Å²) >= 11 is 5.83. The van der Waals surface area contributed by atoms with Gasteiger partial charge in [-0.15, -0.1) is 0 Å². The Labute approximate surface area is 93.1 Å². The van der Waals surface area contributed by atoms with Crippen LogP contribution < -0.4 is 5.73 Å². The van der Waals surface area contributed by atoms with Gasteiger partial charge in [0.15, 0.2) is 5.65 Å². The smallest absolute Gasteiger partial charge is 0.202 e. The van der Waals surface area contributed by atoms with Crippen molar-refractivity contribution < 1.29 is 0 Å². The molecule has 80 valence electrons. The van der Waals surface area contributed by atoms with Crippen LogP contribution in [0.25, 0.3) is 11.2 Å². The number of rotatable bonds is 2. The van der Waals surface area contributed by atoms with Crippen LogP contribution in [-0.2, 0) is 6.54 Å². The zero-order valence-electron chi connectivity index (χ0n) is 8.74. The summed E-state index contributed by atoms with van der Waals surface area (Å²) in [6.07, 6.45) is 1.61. The minimum atomic E-state index is 0.494. The first-order valence-corrected chi connectivity index (χ1v) is 5.23. The lowest BCUT2D eigenvalue weighted by atomic mass is 10.2. The first-order valence-electron chi connectivity index (χ1n) is 4.85. The van der Waals surface area contributed by atoms with Gasteiger partial charge in [0.2, 0.25) is 5.95 Å². The highest BCUT2D eigenvalue weighted by Gasteiger charge is 2.10. The van der Waals surface area contributed by atoms with E-state index in [1.807, 2.05) is 4.57 Å². The Bertz CT molecular complexity index is 489. The third-order valence-corrected chi connectivity index (χ3v) is 2.34. The molecular weight excluding hydrogens is 212 g/mol. The molecule has 2 N–H and O–H groups in total. The summed E-state index contributed by atoms with van der Waals surface area (Å²) in [6.45, 7) is 5.07. The molecule has 0 radical (unpaired) electrons. The summed E-state index contributed by atoms with van der Waals surface area (Å²) < 4.78 is 1.91. The van der Waals surface area contributed by atoms with Gasteiger partial charge in [-0.1, -0.05) is 25.4 Å². The van der Waals surface area contributed by atoms with Crippen LogP contribution in [0.4, 0.5) is 5.95 Å². The van der Waals surface area contributed by atoms with Gasteiger partial charge in [-0.3, -0.25) is 4.57 Å². The number of fused-ring (bicyclic) bond motifs is 1. The number of nitrogen functional groups attached to an aromatic ring is 1. The SMILES string of the molecule is CC(C)Cn1c(N)nc2cc(Cl)cnc21. The second-order valence-electron chi connectivity index (χ2n) is 3.97. The summed E-state index contributed by atoms with van der Waals surface area (Å²) in [6, 6.07) is 1.77. The van der Waals surface area contributed by atoms with Gasteiger partial charge in [-0.25, -0.2) is 9.97 Å². The maximum atomic E-state index is 5.83. The maximum Gasteiger partial charge on any atom is 0.202 e. The summed E-state index contributed by atoms with van der Waals surface area (Å²) in [4.78, 5) is 8.46. The van der Waals surface area contributed by atoms with Gasteiger partial charge in [0, 0.05) is 12.7 Å². The number of pyridine rings is 1. The van der Waals surface area contributed by atoms with Crippen molar-refractivity contribution in [2.75, 3.05) is 5.73 Å². The Morgan fingerprint density at radius 3 is 2.93 bits per heavy atom. The predicted molar refractivity (Wildman–Crippen MR) is 61.8 cm³/mol. The van der Waals surface area contributed by atoms with Crippen LogP contribution in [0.1, 0.15) is 13.8 Å². The molecule has 2 rings (SSSR count). The zero-order chi connectivity index (χ0) is 11.0. The van der Waals surface area contributed by atoms with E-state index in [9.17, 15) is 0 Å². The highest BCUT2D eigenvalue weighted by atomic mass is 35.5. The molecule has 0 unspecified atom stereocenters. The van der Waals surface area contributed by atoms with Crippen molar-refractivity contribution in [3.05, 3.63) is 17.3 Å². The monoisotopic (exact) mass is 224 g/mol. The topological polar surface area (TPSA) is 56.7 Å². The van der Waals surface area contributed by atoms with Crippen molar-refractivity contribution in [2.45, 2.75) is 20.4 Å². The molecule has 0 aliphatic heterocycles. The van der Waals surface area contributed by atoms with E-state index in [-0.39, 0.29) is 0 Å². The standard InChI is InChI=1S/C10H13ClN4/c1-6(2)5-15-9-8(14-10(15)12)3-7(11)4-13-9/h3-4,6H,5H2,1-2H3,(H2,12,14). The van der Waals surface area contributed by atoms with Crippen LogP contribution in [0.2, 0.25) is 5.02 Å². The third-order valence-electron chi connectivity index (χ3n) is 2.13. The molecule has 5 heteroatoms. The Hall–Kier alpha value is -1.29. The summed E-state index contributed by atoms with van der Waals surface area (Å²) in [5, 5.41) is 0.580. The lowest BCUT2D eigenvalue weighted by Gasteiger charge is -2.07. The minimum absolute atomic E-state index is 0.494. The Balaban J connectivity index is 2.58. The highest BCUT2D eigenvalue weighted by Crippen LogP contribution is 2.20. The van der Waals surface area contributed by atoms with Gasteiger partial charge in [-0.05, 0) is 12.0 Å². The number of nitrogens with two attached hydrogens (primary N) is 1. The molecule has 4 nitrogen and oxygen atoms in total. The number of hydrogen-bond acceptors (Lipinski definition) is 3.